The number of fused-ring (bicyclic) bond motifs is 1. The second kappa shape index (κ2) is 6.62. The van der Waals surface area contributed by atoms with Crippen LogP contribution < -0.4 is 10.2 Å². The minimum atomic E-state index is -0.304. The molecule has 2 aliphatic heterocycles. The molecule has 1 N–H and O–H groups in total. The van der Waals surface area contributed by atoms with Crippen LogP contribution in [0.5, 0.6) is 0 Å². The number of carbonyl (C=O) groups is 2. The molecule has 0 atom stereocenters. The Kier molecular flexibility index (Phi) is 4.55. The van der Waals surface area contributed by atoms with E-state index < -0.39 is 0 Å². The normalized spacial score (nSPS) is 17.6. The monoisotopic (exact) mass is 333 g/mol. The van der Waals surface area contributed by atoms with Gasteiger partial charge in [0, 0.05) is 44.2 Å². The van der Waals surface area contributed by atoms with E-state index >= 15 is 0 Å². The number of nitrogens with one attached hydrogen (secondary N) is 1. The van der Waals surface area contributed by atoms with Gasteiger partial charge in [0.2, 0.25) is 0 Å². The number of hydrogen-bond donors (Lipinski definition) is 1. The summed E-state index contributed by atoms with van der Waals surface area (Å²) in [5, 5.41) is 2.85. The highest BCUT2D eigenvalue weighted by molar-refractivity contribution is 5.96. The number of carbonyl (C=O) groups excluding carboxylic acids is 2. The van der Waals surface area contributed by atoms with Gasteiger partial charge in [0.1, 0.15) is 17.3 Å². The third-order valence-corrected chi connectivity index (χ3v) is 4.41. The lowest BCUT2D eigenvalue weighted by Crippen LogP contribution is -2.49. The molecule has 3 heterocycles. The van der Waals surface area contributed by atoms with E-state index in [9.17, 15) is 9.59 Å². The molecule has 0 saturated carbocycles. The Balaban J connectivity index is 1.90. The van der Waals surface area contributed by atoms with E-state index in [2.05, 4.69) is 15.2 Å². The summed E-state index contributed by atoms with van der Waals surface area (Å²) in [6, 6.07) is 0. The zero-order valence-electron chi connectivity index (χ0n) is 14.3. The van der Waals surface area contributed by atoms with Gasteiger partial charge in [0.25, 0.3) is 5.91 Å². The zero-order chi connectivity index (χ0) is 17.3. The van der Waals surface area contributed by atoms with Crippen molar-refractivity contribution in [2.75, 3.05) is 44.7 Å². The Labute approximate surface area is 141 Å². The Morgan fingerprint density at radius 2 is 1.92 bits per heavy atom. The molecule has 8 nitrogen and oxygen atoms in total. The summed E-state index contributed by atoms with van der Waals surface area (Å²) in [5.74, 6) is 1.52. The first-order chi connectivity index (χ1) is 11.5. The molecule has 24 heavy (non-hydrogen) atoms. The summed E-state index contributed by atoms with van der Waals surface area (Å²) in [6.07, 6.45) is 0.424. The van der Waals surface area contributed by atoms with Crippen molar-refractivity contribution in [3.63, 3.8) is 0 Å². The van der Waals surface area contributed by atoms with Crippen LogP contribution in [0.4, 0.5) is 10.6 Å². The fourth-order valence-electron chi connectivity index (χ4n) is 3.04. The maximum Gasteiger partial charge on any atom is 0.409 e. The van der Waals surface area contributed by atoms with Crippen molar-refractivity contribution in [1.82, 2.24) is 20.2 Å². The highest BCUT2D eigenvalue weighted by Gasteiger charge is 2.29. The third kappa shape index (κ3) is 3.00. The van der Waals surface area contributed by atoms with Crippen LogP contribution in [0.3, 0.4) is 0 Å². The topological polar surface area (TPSA) is 87.7 Å². The van der Waals surface area contributed by atoms with Crippen molar-refractivity contribution in [2.45, 2.75) is 26.2 Å². The van der Waals surface area contributed by atoms with Gasteiger partial charge >= 0.3 is 6.09 Å². The van der Waals surface area contributed by atoms with E-state index in [1.165, 1.54) is 7.11 Å². The molecule has 130 valence electrons. The van der Waals surface area contributed by atoms with Gasteiger partial charge in [-0.3, -0.25) is 4.79 Å². The van der Waals surface area contributed by atoms with Gasteiger partial charge < -0.3 is 19.9 Å². The lowest BCUT2D eigenvalue weighted by atomic mass is 10.0. The molecule has 0 radical (unpaired) electrons. The van der Waals surface area contributed by atoms with Crippen molar-refractivity contribution in [1.29, 1.82) is 0 Å². The molecule has 2 amide bonds. The van der Waals surface area contributed by atoms with Crippen LogP contribution in [0.25, 0.3) is 0 Å². The van der Waals surface area contributed by atoms with Gasteiger partial charge in [0.15, 0.2) is 0 Å². The van der Waals surface area contributed by atoms with E-state index in [0.717, 1.165) is 17.8 Å². The molecule has 0 spiro atoms. The summed E-state index contributed by atoms with van der Waals surface area (Å²) in [5.41, 5.74) is 1.40. The predicted octanol–water partition coefficient (Wildman–Crippen LogP) is 0.774. The lowest BCUT2D eigenvalue weighted by molar-refractivity contribution is 0.0940. The fourth-order valence-corrected chi connectivity index (χ4v) is 3.04. The minimum Gasteiger partial charge on any atom is -0.453 e. The Morgan fingerprint density at radius 1 is 1.21 bits per heavy atom. The second-order valence-electron chi connectivity index (χ2n) is 6.34. The highest BCUT2D eigenvalue weighted by atomic mass is 16.5. The van der Waals surface area contributed by atoms with Crippen LogP contribution in [0, 0.1) is 0 Å². The molecule has 0 unspecified atom stereocenters. The number of amides is 2. The molecule has 2 aliphatic rings. The van der Waals surface area contributed by atoms with Crippen LogP contribution in [-0.4, -0.2) is 66.7 Å². The summed E-state index contributed by atoms with van der Waals surface area (Å²) < 4.78 is 4.78. The van der Waals surface area contributed by atoms with E-state index in [-0.39, 0.29) is 17.9 Å². The van der Waals surface area contributed by atoms with Crippen LogP contribution in [0.1, 0.15) is 41.6 Å². The summed E-state index contributed by atoms with van der Waals surface area (Å²) in [7, 11) is 1.39. The van der Waals surface area contributed by atoms with Crippen LogP contribution in [0.2, 0.25) is 0 Å². The Morgan fingerprint density at radius 3 is 2.54 bits per heavy atom. The molecular weight excluding hydrogens is 310 g/mol. The van der Waals surface area contributed by atoms with Gasteiger partial charge in [-0.2, -0.15) is 0 Å². The second-order valence-corrected chi connectivity index (χ2v) is 6.34. The van der Waals surface area contributed by atoms with Crippen molar-refractivity contribution < 1.29 is 14.3 Å². The minimum absolute atomic E-state index is 0.130. The van der Waals surface area contributed by atoms with E-state index in [4.69, 9.17) is 9.72 Å². The van der Waals surface area contributed by atoms with Crippen molar-refractivity contribution in [3.8, 4) is 0 Å². The number of nitrogens with zero attached hydrogens (tertiary/aromatic N) is 4. The van der Waals surface area contributed by atoms with Crippen LogP contribution in [0.15, 0.2) is 0 Å². The number of aromatic nitrogens is 2. The summed E-state index contributed by atoms with van der Waals surface area (Å²) in [6.45, 7) is 7.12. The van der Waals surface area contributed by atoms with Gasteiger partial charge in [-0.15, -0.1) is 0 Å². The van der Waals surface area contributed by atoms with Crippen molar-refractivity contribution in [3.05, 3.63) is 17.1 Å². The number of methoxy groups -OCH3 is 1. The SMILES string of the molecule is COC(=O)N1CCN(c2nc(C(C)C)nc3c2CCNC3=O)CC1. The van der Waals surface area contributed by atoms with Crippen molar-refractivity contribution in [2.24, 2.45) is 0 Å². The molecule has 0 aromatic carbocycles. The maximum absolute atomic E-state index is 12.2. The number of hydrogen-bond acceptors (Lipinski definition) is 6. The average Bonchev–Trinajstić information content (AvgIpc) is 2.60. The summed E-state index contributed by atoms with van der Waals surface area (Å²) in [4.78, 5) is 36.9. The quantitative estimate of drug-likeness (QED) is 0.860. The number of piperazine rings is 1. The highest BCUT2D eigenvalue weighted by Crippen LogP contribution is 2.27. The van der Waals surface area contributed by atoms with Crippen LogP contribution in [-0.2, 0) is 11.2 Å². The molecule has 1 aromatic heterocycles. The van der Waals surface area contributed by atoms with Crippen molar-refractivity contribution >= 4 is 17.8 Å². The van der Waals surface area contributed by atoms with Gasteiger partial charge in [-0.05, 0) is 6.42 Å². The fraction of sp³-hybridized carbons (Fsp3) is 0.625. The predicted molar refractivity (Wildman–Crippen MR) is 88.3 cm³/mol. The molecule has 0 bridgehead atoms. The standard InChI is InChI=1S/C16H23N5O3/c1-10(2)13-18-12-11(4-5-17-15(12)22)14(19-13)20-6-8-21(9-7-20)16(23)24-3/h10H,4-9H2,1-3H3,(H,17,22). The zero-order valence-corrected chi connectivity index (χ0v) is 14.3. The van der Waals surface area contributed by atoms with E-state index in [1.54, 1.807) is 4.90 Å². The van der Waals surface area contributed by atoms with Gasteiger partial charge in [0.05, 0.1) is 7.11 Å². The first-order valence-electron chi connectivity index (χ1n) is 8.28. The largest absolute Gasteiger partial charge is 0.453 e. The molecule has 3 rings (SSSR count). The Hall–Kier alpha value is -2.38. The molecule has 1 saturated heterocycles. The molecule has 0 aliphatic carbocycles. The lowest BCUT2D eigenvalue weighted by Gasteiger charge is -2.36. The van der Waals surface area contributed by atoms with E-state index in [1.807, 2.05) is 13.8 Å². The van der Waals surface area contributed by atoms with E-state index in [0.29, 0.717) is 44.2 Å². The first kappa shape index (κ1) is 16.5. The van der Waals surface area contributed by atoms with Crippen LogP contribution >= 0.6 is 0 Å². The number of rotatable bonds is 2. The third-order valence-electron chi connectivity index (χ3n) is 4.41. The molecule has 8 heteroatoms. The van der Waals surface area contributed by atoms with Gasteiger partial charge in [-0.25, -0.2) is 14.8 Å². The molecular formula is C16H23N5O3. The average molecular weight is 333 g/mol. The molecule has 1 fully saturated rings. The number of ether oxygens (including phenoxy) is 1. The smallest absolute Gasteiger partial charge is 0.409 e. The first-order valence-corrected chi connectivity index (χ1v) is 8.28. The summed E-state index contributed by atoms with van der Waals surface area (Å²) >= 11 is 0. The number of anilines is 1. The maximum atomic E-state index is 12.2. The molecule has 1 aromatic rings. The van der Waals surface area contributed by atoms with Gasteiger partial charge in [-0.1, -0.05) is 13.8 Å². The Bertz CT molecular complexity index is 653.